The lowest BCUT2D eigenvalue weighted by atomic mass is 9.83. The normalized spacial score (nSPS) is 14.2. The van der Waals surface area contributed by atoms with Gasteiger partial charge in [-0.05, 0) is 96.1 Å². The molecule has 0 fully saturated rings. The standard InChI is InChI=1S/C46H42N8O8.C8H8N4O.C8H6N2O2.H4N2.H2O/c1-19(2)29-25-15-21(5)31(39(57)33(25)27(37(55)41(29)59)17-49-51-35-23-11-9-13-47-43(23)53(7)45(35)61)32-22(6)16-26-30(20(3)4)42(60)38(56)28(34(26)40(32)58)18-50-52-36-24-12-10-14-48-44(24)54(8)46(36)62;1-12-7-5(3-2-4-10-7)6(11-9)8(12)13;1-10-7-5(3-2-4-9-7)6(11)8(10)12;1-2;/h9-20,55-60H,1-8H3;2-4,9,13H,1H3;2-4H,1H3;1-2H2;1H2/b49-17+,50-18+,51-35-,52-36+;;;;. The number of fused-ring (bicyclic) bond motifs is 6. The SMILES string of the molecule is CN1C(=O)C(=O)c2cccnc21.Cc1cc2c(C(C)C)c(O)c(O)c(/C=N/N=C3\C(=O)N(C)c4ncccc43)c2c(O)c1-c1c(C)cc2c(C(C)C)c(O)c(O)c(/C=N/N=C3/C(=O)N(C)c4ncccc43)c2c1O.Cn1c(O)c(N=N)c2cccnc21.NN.O. The van der Waals surface area contributed by atoms with Crippen molar-refractivity contribution >= 4 is 103 Å². The predicted molar refractivity (Wildman–Crippen MR) is 339 cm³/mol. The largest absolute Gasteiger partial charge is 0.507 e. The molecule has 3 aliphatic heterocycles. The number of anilines is 3. The highest BCUT2D eigenvalue weighted by atomic mass is 16.3. The molecule has 0 aliphatic carbocycles. The summed E-state index contributed by atoms with van der Waals surface area (Å²) < 4.78 is 1.50. The van der Waals surface area contributed by atoms with E-state index in [1.807, 2.05) is 27.7 Å². The van der Waals surface area contributed by atoms with Gasteiger partial charge in [-0.25, -0.2) is 25.5 Å². The van der Waals surface area contributed by atoms with E-state index in [1.165, 1.54) is 19.3 Å². The molecule has 0 spiro atoms. The summed E-state index contributed by atoms with van der Waals surface area (Å²) >= 11 is 0. The molecule has 9 aromatic rings. The van der Waals surface area contributed by atoms with E-state index in [2.05, 4.69) is 57.1 Å². The monoisotopic (exact) mass is 1220 g/mol. The Kier molecular flexibility index (Phi) is 18.2. The number of pyridine rings is 4. The zero-order valence-electron chi connectivity index (χ0n) is 50.1. The Morgan fingerprint density at radius 2 is 0.900 bits per heavy atom. The molecule has 28 nitrogen and oxygen atoms in total. The minimum Gasteiger partial charge on any atom is -0.507 e. The maximum Gasteiger partial charge on any atom is 0.300 e. The van der Waals surface area contributed by atoms with Crippen LogP contribution in [0.2, 0.25) is 0 Å². The first kappa shape index (κ1) is 64.4. The number of likely N-dealkylation sites (N-methyl/N-ethyl adjacent to an activating group) is 3. The van der Waals surface area contributed by atoms with Gasteiger partial charge in [0.1, 0.15) is 34.6 Å². The van der Waals surface area contributed by atoms with Gasteiger partial charge in [0.05, 0.1) is 45.6 Å². The van der Waals surface area contributed by atoms with Crippen molar-refractivity contribution < 1.29 is 60.4 Å². The van der Waals surface area contributed by atoms with E-state index in [9.17, 15) is 54.9 Å². The summed E-state index contributed by atoms with van der Waals surface area (Å²) in [5.74, 6) is 3.81. The Balaban J connectivity index is 0.000000304. The van der Waals surface area contributed by atoms with Gasteiger partial charge in [0.25, 0.3) is 23.5 Å². The third-order valence-electron chi connectivity index (χ3n) is 15.3. The Morgan fingerprint density at radius 3 is 1.30 bits per heavy atom. The molecule has 28 heteroatoms. The van der Waals surface area contributed by atoms with Crippen LogP contribution in [0.5, 0.6) is 40.4 Å². The average Bonchev–Trinajstić information content (AvgIpc) is 1.64. The van der Waals surface area contributed by atoms with Crippen molar-refractivity contribution in [1.82, 2.24) is 24.5 Å². The molecule has 3 aliphatic rings. The molecule has 4 aromatic carbocycles. The molecule has 90 heavy (non-hydrogen) atoms. The molecule has 0 bridgehead atoms. The molecule has 0 radical (unpaired) electrons. The molecule has 5 aromatic heterocycles. The number of aromatic nitrogens is 5. The lowest BCUT2D eigenvalue weighted by Crippen LogP contribution is -2.25. The van der Waals surface area contributed by atoms with E-state index < -0.39 is 46.5 Å². The van der Waals surface area contributed by atoms with Crippen LogP contribution in [0, 0.1) is 19.4 Å². The summed E-state index contributed by atoms with van der Waals surface area (Å²) in [6.07, 6.45) is 8.55. The van der Waals surface area contributed by atoms with Gasteiger partial charge in [0.15, 0.2) is 40.1 Å². The number of rotatable bonds is 8. The van der Waals surface area contributed by atoms with Crippen LogP contribution in [-0.2, 0) is 21.4 Å². The summed E-state index contributed by atoms with van der Waals surface area (Å²) in [6, 6.07) is 16.9. The van der Waals surface area contributed by atoms with Crippen LogP contribution < -0.4 is 26.4 Å². The van der Waals surface area contributed by atoms with Gasteiger partial charge >= 0.3 is 0 Å². The minimum atomic E-state index is -0.598. The average molecular weight is 1220 g/mol. The zero-order valence-corrected chi connectivity index (χ0v) is 50.1. The molecule has 0 unspecified atom stereocenters. The number of hydrogen-bond acceptors (Lipinski definition) is 23. The number of nitrogens with two attached hydrogens (primary N) is 2. The van der Waals surface area contributed by atoms with Gasteiger partial charge in [-0.3, -0.25) is 50.1 Å². The van der Waals surface area contributed by atoms with E-state index in [4.69, 9.17) is 5.53 Å². The van der Waals surface area contributed by atoms with Gasteiger partial charge < -0.3 is 41.2 Å². The van der Waals surface area contributed by atoms with Crippen LogP contribution in [-0.4, -0.2) is 134 Å². The Bertz CT molecular complexity index is 4410. The molecule has 0 saturated carbocycles. The van der Waals surface area contributed by atoms with E-state index in [1.54, 1.807) is 127 Å². The van der Waals surface area contributed by atoms with Gasteiger partial charge in [0, 0.05) is 86.0 Å². The lowest BCUT2D eigenvalue weighted by molar-refractivity contribution is -0.114. The minimum absolute atomic E-state index is 0. The fourth-order valence-electron chi connectivity index (χ4n) is 11.1. The summed E-state index contributed by atoms with van der Waals surface area (Å²) in [7, 11) is 6.33. The fraction of sp³-hybridized carbons (Fsp3) is 0.194. The highest BCUT2D eigenvalue weighted by molar-refractivity contribution is 6.55. The second kappa shape index (κ2) is 25.4. The van der Waals surface area contributed by atoms with Crippen LogP contribution in [0.1, 0.15) is 94.4 Å². The molecule has 0 saturated heterocycles. The number of amides is 3. The highest BCUT2D eigenvalue weighted by Crippen LogP contribution is 2.54. The van der Waals surface area contributed by atoms with Crippen molar-refractivity contribution in [2.75, 3.05) is 35.8 Å². The number of benzene rings is 4. The number of hydrazine groups is 1. The number of carbonyl (C=O) groups excluding carboxylic acids is 4. The van der Waals surface area contributed by atoms with Crippen molar-refractivity contribution in [3.05, 3.63) is 136 Å². The Labute approximate surface area is 512 Å². The number of phenolic OH excluding ortho intramolecular Hbond substituents is 6. The van der Waals surface area contributed by atoms with Crippen molar-refractivity contribution in [2.24, 2.45) is 44.3 Å². The first-order valence-corrected chi connectivity index (χ1v) is 27.2. The van der Waals surface area contributed by atoms with E-state index in [-0.39, 0.29) is 84.8 Å². The molecular weight excluding hydrogens is 1160 g/mol. The summed E-state index contributed by atoms with van der Waals surface area (Å²) in [4.78, 5) is 68.9. The molecule has 14 N–H and O–H groups in total. The van der Waals surface area contributed by atoms with Crippen molar-refractivity contribution in [2.45, 2.75) is 53.4 Å². The topological polar surface area (TPSA) is 445 Å². The van der Waals surface area contributed by atoms with Crippen LogP contribution in [0.4, 0.5) is 23.1 Å². The first-order chi connectivity index (χ1) is 42.4. The number of nitrogens with zero attached hydrogens (tertiary/aromatic N) is 13. The second-order valence-corrected chi connectivity index (χ2v) is 21.2. The molecule has 8 heterocycles. The van der Waals surface area contributed by atoms with Crippen LogP contribution >= 0.6 is 0 Å². The molecule has 12 rings (SSSR count). The third kappa shape index (κ3) is 10.6. The molecule has 462 valence electrons. The predicted octanol–water partition coefficient (Wildman–Crippen LogP) is 7.32. The number of carbonyl (C=O) groups is 4. The number of aromatic hydroxyl groups is 7. The van der Waals surface area contributed by atoms with E-state index >= 15 is 0 Å². The second-order valence-electron chi connectivity index (χ2n) is 21.2. The fourth-order valence-corrected chi connectivity index (χ4v) is 11.1. The molecular formula is C62H62N16O12. The Hall–Kier alpha value is -11.6. The number of phenols is 6. The van der Waals surface area contributed by atoms with Gasteiger partial charge in [0.2, 0.25) is 5.88 Å². The smallest absolute Gasteiger partial charge is 0.300 e. The van der Waals surface area contributed by atoms with Gasteiger partial charge in [-0.2, -0.15) is 15.3 Å². The molecule has 3 amide bonds. The molecule has 0 atom stereocenters. The third-order valence-corrected chi connectivity index (χ3v) is 15.3. The highest BCUT2D eigenvalue weighted by Gasteiger charge is 2.36. The van der Waals surface area contributed by atoms with E-state index in [0.717, 1.165) is 12.4 Å². The lowest BCUT2D eigenvalue weighted by Gasteiger charge is -2.23. The van der Waals surface area contributed by atoms with E-state index in [0.29, 0.717) is 78.2 Å². The van der Waals surface area contributed by atoms with Crippen LogP contribution in [0.3, 0.4) is 0 Å². The van der Waals surface area contributed by atoms with Crippen molar-refractivity contribution in [3.63, 3.8) is 0 Å². The maximum absolute atomic E-state index is 13.1. The number of Topliss-reactive ketones (excluding diaryl/α,β-unsaturated/α-hetero) is 1. The summed E-state index contributed by atoms with van der Waals surface area (Å²) in [5.41, 5.74) is 10.8. The number of hydrogen-bond donors (Lipinski definition) is 10. The van der Waals surface area contributed by atoms with Crippen molar-refractivity contribution in [3.8, 4) is 51.5 Å². The number of aryl methyl sites for hydroxylation is 3. The van der Waals surface area contributed by atoms with Gasteiger partial charge in [-0.15, -0.1) is 10.2 Å². The number of ketones is 1. The maximum atomic E-state index is 13.1. The summed E-state index contributed by atoms with van der Waals surface area (Å²) in [6.45, 7) is 10.7. The summed E-state index contributed by atoms with van der Waals surface area (Å²) in [5, 5.41) is 102. The van der Waals surface area contributed by atoms with Crippen LogP contribution in [0.15, 0.2) is 111 Å². The van der Waals surface area contributed by atoms with Crippen LogP contribution in [0.25, 0.3) is 43.7 Å². The zero-order chi connectivity index (χ0) is 64.8. The Morgan fingerprint density at radius 1 is 0.522 bits per heavy atom. The number of nitrogens with one attached hydrogen (secondary N) is 1. The van der Waals surface area contributed by atoms with Gasteiger partial charge in [-0.1, -0.05) is 39.8 Å². The first-order valence-electron chi connectivity index (χ1n) is 27.2. The quantitative estimate of drug-likeness (QED) is 0.0178. The van der Waals surface area contributed by atoms with Crippen molar-refractivity contribution in [1.29, 1.82) is 5.53 Å².